The number of nitrogens with one attached hydrogen (secondary N) is 1. The molecule has 1 saturated heterocycles. The summed E-state index contributed by atoms with van der Waals surface area (Å²) in [5, 5.41) is 3.39. The van der Waals surface area contributed by atoms with Crippen molar-refractivity contribution in [2.75, 3.05) is 43.3 Å². The van der Waals surface area contributed by atoms with Crippen LogP contribution in [-0.2, 0) is 16.4 Å². The van der Waals surface area contributed by atoms with Crippen LogP contribution in [0, 0.1) is 5.92 Å². The molecule has 0 spiro atoms. The fourth-order valence-electron chi connectivity index (χ4n) is 3.91. The van der Waals surface area contributed by atoms with E-state index in [1.165, 1.54) is 10.6 Å². The molecule has 144 valence electrons. The largest absolute Gasteiger partial charge is 0.339 e. The van der Waals surface area contributed by atoms with E-state index in [2.05, 4.69) is 12.2 Å². The van der Waals surface area contributed by atoms with Crippen molar-refractivity contribution in [2.45, 2.75) is 32.6 Å². The Morgan fingerprint density at radius 1 is 1.23 bits per heavy atom. The van der Waals surface area contributed by atoms with Gasteiger partial charge in [-0.2, -0.15) is 0 Å². The number of amides is 1. The van der Waals surface area contributed by atoms with Crippen LogP contribution in [0.2, 0.25) is 0 Å². The maximum Gasteiger partial charge on any atom is 0.253 e. The molecule has 1 N–H and O–H groups in total. The van der Waals surface area contributed by atoms with E-state index >= 15 is 0 Å². The van der Waals surface area contributed by atoms with Gasteiger partial charge in [0.05, 0.1) is 11.9 Å². The minimum absolute atomic E-state index is 0.0613. The van der Waals surface area contributed by atoms with Crippen molar-refractivity contribution in [3.8, 4) is 0 Å². The van der Waals surface area contributed by atoms with Gasteiger partial charge in [-0.15, -0.1) is 0 Å². The van der Waals surface area contributed by atoms with Gasteiger partial charge in [-0.25, -0.2) is 8.42 Å². The lowest BCUT2D eigenvalue weighted by Crippen LogP contribution is -2.41. The lowest BCUT2D eigenvalue weighted by Gasteiger charge is -2.33. The number of piperidine rings is 1. The predicted molar refractivity (Wildman–Crippen MR) is 104 cm³/mol. The summed E-state index contributed by atoms with van der Waals surface area (Å²) in [5.74, 6) is 0.706. The first kappa shape index (κ1) is 19.2. The number of fused-ring (bicyclic) bond motifs is 1. The van der Waals surface area contributed by atoms with Gasteiger partial charge in [-0.1, -0.05) is 6.92 Å². The van der Waals surface area contributed by atoms with Crippen LogP contribution in [0.4, 0.5) is 5.69 Å². The van der Waals surface area contributed by atoms with E-state index in [0.717, 1.165) is 63.1 Å². The molecule has 1 fully saturated rings. The van der Waals surface area contributed by atoms with Crippen LogP contribution in [0.1, 0.15) is 42.1 Å². The molecule has 6 nitrogen and oxygen atoms in total. The number of aryl methyl sites for hydroxylation is 1. The number of rotatable bonds is 5. The molecule has 0 atom stereocenters. The molecule has 3 rings (SSSR count). The second kappa shape index (κ2) is 7.96. The summed E-state index contributed by atoms with van der Waals surface area (Å²) in [7, 11) is -3.27. The Kier molecular flexibility index (Phi) is 5.87. The summed E-state index contributed by atoms with van der Waals surface area (Å²) >= 11 is 0. The Bertz CT molecular complexity index is 755. The molecule has 2 aliphatic heterocycles. The van der Waals surface area contributed by atoms with Gasteiger partial charge in [0.25, 0.3) is 5.91 Å². The normalized spacial score (nSPS) is 18.7. The summed E-state index contributed by atoms with van der Waals surface area (Å²) in [6, 6.07) is 5.45. The fraction of sp³-hybridized carbons (Fsp3) is 0.632. The summed E-state index contributed by atoms with van der Waals surface area (Å²) in [5.41, 5.74) is 2.35. The van der Waals surface area contributed by atoms with Crippen LogP contribution in [0.3, 0.4) is 0 Å². The lowest BCUT2D eigenvalue weighted by molar-refractivity contribution is 0.0690. The highest BCUT2D eigenvalue weighted by molar-refractivity contribution is 7.92. The minimum Gasteiger partial charge on any atom is -0.339 e. The molecule has 7 heteroatoms. The zero-order valence-electron chi connectivity index (χ0n) is 15.7. The summed E-state index contributed by atoms with van der Waals surface area (Å²) in [6.07, 6.45) is 4.90. The van der Waals surface area contributed by atoms with Crippen molar-refractivity contribution in [3.05, 3.63) is 29.3 Å². The van der Waals surface area contributed by atoms with Crippen LogP contribution in [-0.4, -0.2) is 58.2 Å². The van der Waals surface area contributed by atoms with E-state index < -0.39 is 10.0 Å². The molecule has 0 aromatic heterocycles. The van der Waals surface area contributed by atoms with Gasteiger partial charge in [-0.05, 0) is 68.5 Å². The van der Waals surface area contributed by atoms with Gasteiger partial charge in [0.15, 0.2) is 0 Å². The molecule has 1 aromatic carbocycles. The maximum absolute atomic E-state index is 12.9. The van der Waals surface area contributed by atoms with Gasteiger partial charge in [0.1, 0.15) is 0 Å². The highest BCUT2D eigenvalue weighted by Crippen LogP contribution is 2.30. The number of carbonyl (C=O) groups is 1. The molecular weight excluding hydrogens is 350 g/mol. The van der Waals surface area contributed by atoms with Crippen LogP contribution in [0.15, 0.2) is 18.2 Å². The number of nitrogens with zero attached hydrogens (tertiary/aromatic N) is 2. The first-order valence-electron chi connectivity index (χ1n) is 9.50. The van der Waals surface area contributed by atoms with E-state index in [4.69, 9.17) is 0 Å². The number of anilines is 1. The van der Waals surface area contributed by atoms with Crippen molar-refractivity contribution >= 4 is 21.6 Å². The quantitative estimate of drug-likeness (QED) is 0.848. The van der Waals surface area contributed by atoms with Gasteiger partial charge in [-0.3, -0.25) is 9.10 Å². The van der Waals surface area contributed by atoms with Crippen molar-refractivity contribution in [2.24, 2.45) is 5.92 Å². The third-order valence-electron chi connectivity index (χ3n) is 5.39. The van der Waals surface area contributed by atoms with Crippen LogP contribution >= 0.6 is 0 Å². The maximum atomic E-state index is 12.9. The topological polar surface area (TPSA) is 69.7 Å². The number of benzene rings is 1. The van der Waals surface area contributed by atoms with Crippen LogP contribution in [0.25, 0.3) is 0 Å². The second-order valence-corrected chi connectivity index (χ2v) is 9.23. The standard InChI is InChI=1S/C19H29N3O3S/c1-3-20-14-15-8-11-21(12-9-15)19(23)17-6-7-18-16(13-17)5-4-10-22(18)26(2,24)25/h6-7,13,15,20H,3-5,8-12,14H2,1-2H3. The van der Waals surface area contributed by atoms with Crippen molar-refractivity contribution in [1.29, 1.82) is 0 Å². The molecule has 1 amide bonds. The molecule has 2 aliphatic rings. The molecule has 0 bridgehead atoms. The molecular formula is C19H29N3O3S. The number of sulfonamides is 1. The SMILES string of the molecule is CCNCC1CCN(C(=O)c2ccc3c(c2)CCCN3S(C)(=O)=O)CC1. The van der Waals surface area contributed by atoms with E-state index in [-0.39, 0.29) is 5.91 Å². The Morgan fingerprint density at radius 2 is 1.96 bits per heavy atom. The number of carbonyl (C=O) groups excluding carboxylic acids is 1. The number of likely N-dealkylation sites (tertiary alicyclic amines) is 1. The van der Waals surface area contributed by atoms with E-state index in [0.29, 0.717) is 18.0 Å². The van der Waals surface area contributed by atoms with Gasteiger partial charge >= 0.3 is 0 Å². The van der Waals surface area contributed by atoms with Gasteiger partial charge < -0.3 is 10.2 Å². The molecule has 0 unspecified atom stereocenters. The van der Waals surface area contributed by atoms with Gasteiger partial charge in [0, 0.05) is 25.2 Å². The lowest BCUT2D eigenvalue weighted by atomic mass is 9.95. The Labute approximate surface area is 156 Å². The second-order valence-electron chi connectivity index (χ2n) is 7.33. The molecule has 26 heavy (non-hydrogen) atoms. The van der Waals surface area contributed by atoms with Crippen molar-refractivity contribution in [3.63, 3.8) is 0 Å². The average molecular weight is 380 g/mol. The monoisotopic (exact) mass is 379 g/mol. The van der Waals surface area contributed by atoms with Crippen LogP contribution < -0.4 is 9.62 Å². The van der Waals surface area contributed by atoms with Crippen molar-refractivity contribution in [1.82, 2.24) is 10.2 Å². The first-order valence-corrected chi connectivity index (χ1v) is 11.4. The summed E-state index contributed by atoms with van der Waals surface area (Å²) in [6.45, 7) is 6.22. The summed E-state index contributed by atoms with van der Waals surface area (Å²) < 4.78 is 25.4. The first-order chi connectivity index (χ1) is 12.4. The van der Waals surface area contributed by atoms with E-state index in [1.807, 2.05) is 11.0 Å². The van der Waals surface area contributed by atoms with E-state index in [9.17, 15) is 13.2 Å². The highest BCUT2D eigenvalue weighted by atomic mass is 32.2. The summed E-state index contributed by atoms with van der Waals surface area (Å²) in [4.78, 5) is 14.8. The molecule has 2 heterocycles. The molecule has 0 radical (unpaired) electrons. The Morgan fingerprint density at radius 3 is 2.62 bits per heavy atom. The molecule has 0 saturated carbocycles. The fourth-order valence-corrected chi connectivity index (χ4v) is 4.91. The zero-order chi connectivity index (χ0) is 18.7. The van der Waals surface area contributed by atoms with Gasteiger partial charge in [0.2, 0.25) is 10.0 Å². The van der Waals surface area contributed by atoms with Crippen LogP contribution in [0.5, 0.6) is 0 Å². The minimum atomic E-state index is -3.27. The third-order valence-corrected chi connectivity index (χ3v) is 6.57. The average Bonchev–Trinajstić information content (AvgIpc) is 2.64. The Hall–Kier alpha value is -1.60. The molecule has 0 aliphatic carbocycles. The van der Waals surface area contributed by atoms with Crippen molar-refractivity contribution < 1.29 is 13.2 Å². The smallest absolute Gasteiger partial charge is 0.253 e. The molecule has 1 aromatic rings. The predicted octanol–water partition coefficient (Wildman–Crippen LogP) is 1.86. The highest BCUT2D eigenvalue weighted by Gasteiger charge is 2.27. The number of hydrogen-bond donors (Lipinski definition) is 1. The number of hydrogen-bond acceptors (Lipinski definition) is 4. The van der Waals surface area contributed by atoms with E-state index in [1.54, 1.807) is 12.1 Å². The zero-order valence-corrected chi connectivity index (χ0v) is 16.5. The third kappa shape index (κ3) is 4.20. The Balaban J connectivity index is 1.70.